The first-order valence-corrected chi connectivity index (χ1v) is 11.8. The van der Waals surface area contributed by atoms with Gasteiger partial charge in [-0.05, 0) is 47.7 Å². The third-order valence-electron chi connectivity index (χ3n) is 6.66. The van der Waals surface area contributed by atoms with Crippen LogP contribution in [0.5, 0.6) is 23.0 Å². The minimum absolute atomic E-state index is 0.0933. The molecule has 0 saturated carbocycles. The van der Waals surface area contributed by atoms with Gasteiger partial charge in [-0.3, -0.25) is 4.79 Å². The summed E-state index contributed by atoms with van der Waals surface area (Å²) in [6, 6.07) is 11.4. The molecule has 10 heteroatoms. The Bertz CT molecular complexity index is 1440. The zero-order valence-corrected chi connectivity index (χ0v) is 21.4. The fraction of sp³-hybridized carbons (Fsp3) is 0.333. The van der Waals surface area contributed by atoms with Crippen molar-refractivity contribution < 1.29 is 28.5 Å². The van der Waals surface area contributed by atoms with Gasteiger partial charge < -0.3 is 23.7 Å². The van der Waals surface area contributed by atoms with Crippen molar-refractivity contribution in [3.05, 3.63) is 59.0 Å². The average molecular weight is 505 g/mol. The molecule has 0 radical (unpaired) electrons. The highest BCUT2D eigenvalue weighted by Gasteiger charge is 2.33. The quantitative estimate of drug-likeness (QED) is 0.353. The molecular formula is C27H28N4O6. The summed E-state index contributed by atoms with van der Waals surface area (Å²) in [5.74, 6) is 2.10. The Morgan fingerprint density at radius 1 is 0.892 bits per heavy atom. The summed E-state index contributed by atoms with van der Waals surface area (Å²) in [6.07, 6.45) is 0.811. The van der Waals surface area contributed by atoms with Crippen LogP contribution >= 0.6 is 0 Å². The Morgan fingerprint density at radius 3 is 2.19 bits per heavy atom. The SMILES string of the molecule is COCc1nn2c3c(nnc2c1-c1ccc(OC)cc1)C(=O)C[C@H](c1cc(OC)c(OC)c(OC)c1)C3. The van der Waals surface area contributed by atoms with Crippen LogP contribution in [-0.2, 0) is 17.8 Å². The van der Waals surface area contributed by atoms with Gasteiger partial charge in [-0.25, -0.2) is 4.52 Å². The molecule has 0 bridgehead atoms. The number of Topliss-reactive ketones (excluding diaryl/α,β-unsaturated/α-hetero) is 1. The van der Waals surface area contributed by atoms with Gasteiger partial charge in [0.1, 0.15) is 5.75 Å². The minimum atomic E-state index is -0.138. The Kier molecular flexibility index (Phi) is 6.66. The Balaban J connectivity index is 1.64. The number of ether oxygens (including phenoxy) is 5. The van der Waals surface area contributed by atoms with Gasteiger partial charge in [0.05, 0.1) is 52.0 Å². The predicted molar refractivity (Wildman–Crippen MR) is 135 cm³/mol. The van der Waals surface area contributed by atoms with E-state index >= 15 is 0 Å². The summed E-state index contributed by atoms with van der Waals surface area (Å²) in [7, 11) is 7.95. The molecule has 0 saturated heterocycles. The van der Waals surface area contributed by atoms with E-state index in [1.165, 1.54) is 0 Å². The molecule has 10 nitrogen and oxygen atoms in total. The first-order chi connectivity index (χ1) is 18.0. The normalized spacial score (nSPS) is 14.9. The fourth-order valence-corrected chi connectivity index (χ4v) is 4.88. The second-order valence-electron chi connectivity index (χ2n) is 8.70. The van der Waals surface area contributed by atoms with Gasteiger partial charge in [-0.1, -0.05) is 12.1 Å². The highest BCUT2D eigenvalue weighted by atomic mass is 16.5. The second-order valence-corrected chi connectivity index (χ2v) is 8.70. The van der Waals surface area contributed by atoms with E-state index in [1.807, 2.05) is 36.4 Å². The van der Waals surface area contributed by atoms with Gasteiger partial charge in [-0.15, -0.1) is 10.2 Å². The van der Waals surface area contributed by atoms with E-state index in [9.17, 15) is 4.79 Å². The highest BCUT2D eigenvalue weighted by Crippen LogP contribution is 2.43. The van der Waals surface area contributed by atoms with Gasteiger partial charge in [0.2, 0.25) is 5.75 Å². The van der Waals surface area contributed by atoms with Crippen LogP contribution in [0, 0.1) is 0 Å². The maximum atomic E-state index is 13.2. The molecule has 0 unspecified atom stereocenters. The Labute approximate surface area is 214 Å². The van der Waals surface area contributed by atoms with Crippen LogP contribution in [0.4, 0.5) is 0 Å². The van der Waals surface area contributed by atoms with E-state index in [-0.39, 0.29) is 24.7 Å². The van der Waals surface area contributed by atoms with Crippen LogP contribution in [0.15, 0.2) is 36.4 Å². The Morgan fingerprint density at radius 2 is 1.59 bits per heavy atom. The summed E-state index contributed by atoms with van der Waals surface area (Å²) in [4.78, 5) is 13.2. The van der Waals surface area contributed by atoms with Crippen molar-refractivity contribution in [2.75, 3.05) is 35.5 Å². The zero-order chi connectivity index (χ0) is 26.1. The van der Waals surface area contributed by atoms with E-state index in [1.54, 1.807) is 40.1 Å². The first-order valence-electron chi connectivity index (χ1n) is 11.8. The van der Waals surface area contributed by atoms with E-state index in [0.717, 1.165) is 22.4 Å². The number of fused-ring (bicyclic) bond motifs is 3. The maximum absolute atomic E-state index is 13.2. The minimum Gasteiger partial charge on any atom is -0.497 e. The fourth-order valence-electron chi connectivity index (χ4n) is 4.88. The summed E-state index contributed by atoms with van der Waals surface area (Å²) in [5, 5.41) is 13.6. The monoisotopic (exact) mass is 504 g/mol. The molecule has 0 N–H and O–H groups in total. The number of carbonyl (C=O) groups is 1. The molecule has 2 heterocycles. The topological polar surface area (TPSA) is 106 Å². The van der Waals surface area contributed by atoms with Gasteiger partial charge in [0.25, 0.3) is 0 Å². The Hall–Kier alpha value is -4.18. The van der Waals surface area contributed by atoms with Gasteiger partial charge in [0.15, 0.2) is 28.6 Å². The van der Waals surface area contributed by atoms with Crippen molar-refractivity contribution in [2.45, 2.75) is 25.4 Å². The number of carbonyl (C=O) groups excluding carboxylic acids is 1. The van der Waals surface area contributed by atoms with Crippen LogP contribution in [0.2, 0.25) is 0 Å². The number of nitrogens with zero attached hydrogens (tertiary/aromatic N) is 4. The zero-order valence-electron chi connectivity index (χ0n) is 21.4. The smallest absolute Gasteiger partial charge is 0.203 e. The van der Waals surface area contributed by atoms with Crippen LogP contribution < -0.4 is 18.9 Å². The molecule has 0 fully saturated rings. The van der Waals surface area contributed by atoms with Gasteiger partial charge in [-0.2, -0.15) is 5.10 Å². The van der Waals surface area contributed by atoms with E-state index < -0.39 is 0 Å². The molecular weight excluding hydrogens is 476 g/mol. The van der Waals surface area contributed by atoms with Crippen LogP contribution in [0.3, 0.4) is 0 Å². The lowest BCUT2D eigenvalue weighted by molar-refractivity contribution is 0.0955. The van der Waals surface area contributed by atoms with Crippen LogP contribution in [0.25, 0.3) is 16.8 Å². The number of aromatic nitrogens is 4. The summed E-state index contributed by atoms with van der Waals surface area (Å²) in [5.41, 5.74) is 4.92. The average Bonchev–Trinajstić information content (AvgIpc) is 3.30. The standard InChI is InChI=1S/C27H28N4O6/c1-33-14-19-24(15-6-8-18(34-2)9-7-15)27-29-28-25-20(31(27)30-19)10-16(11-21(25)32)17-12-22(35-3)26(37-5)23(13-17)36-4/h6-9,12-13,16H,10-11,14H2,1-5H3/t16-/m1/s1. The second kappa shape index (κ2) is 10.1. The lowest BCUT2D eigenvalue weighted by Crippen LogP contribution is -2.24. The van der Waals surface area contributed by atoms with Crippen molar-refractivity contribution in [1.82, 2.24) is 19.8 Å². The number of benzene rings is 2. The molecule has 1 aliphatic carbocycles. The third-order valence-corrected chi connectivity index (χ3v) is 6.66. The van der Waals surface area contributed by atoms with Crippen molar-refractivity contribution in [3.63, 3.8) is 0 Å². The predicted octanol–water partition coefficient (Wildman–Crippen LogP) is 3.88. The summed E-state index contributed by atoms with van der Waals surface area (Å²) >= 11 is 0. The molecule has 0 amide bonds. The molecule has 0 aliphatic heterocycles. The van der Waals surface area contributed by atoms with E-state index in [4.69, 9.17) is 28.8 Å². The molecule has 4 aromatic rings. The van der Waals surface area contributed by atoms with Crippen molar-refractivity contribution >= 4 is 11.4 Å². The molecule has 192 valence electrons. The van der Waals surface area contributed by atoms with Crippen molar-refractivity contribution in [2.24, 2.45) is 0 Å². The molecule has 5 rings (SSSR count). The maximum Gasteiger partial charge on any atom is 0.203 e. The van der Waals surface area contributed by atoms with Crippen molar-refractivity contribution in [3.8, 4) is 34.1 Å². The summed E-state index contributed by atoms with van der Waals surface area (Å²) in [6.45, 7) is 0.281. The molecule has 2 aromatic carbocycles. The molecule has 37 heavy (non-hydrogen) atoms. The molecule has 1 aliphatic rings. The summed E-state index contributed by atoms with van der Waals surface area (Å²) < 4.78 is 29.0. The number of rotatable bonds is 8. The van der Waals surface area contributed by atoms with Crippen LogP contribution in [-0.4, -0.2) is 61.1 Å². The van der Waals surface area contributed by atoms with Gasteiger partial charge >= 0.3 is 0 Å². The van der Waals surface area contributed by atoms with Crippen molar-refractivity contribution in [1.29, 1.82) is 0 Å². The largest absolute Gasteiger partial charge is 0.497 e. The van der Waals surface area contributed by atoms with E-state index in [2.05, 4.69) is 10.2 Å². The lowest BCUT2D eigenvalue weighted by atomic mass is 9.83. The molecule has 1 atom stereocenters. The van der Waals surface area contributed by atoms with Crippen LogP contribution in [0.1, 0.15) is 39.8 Å². The number of hydrogen-bond acceptors (Lipinski definition) is 9. The third kappa shape index (κ3) is 4.23. The number of ketones is 1. The number of hydrogen-bond donors (Lipinski definition) is 0. The van der Waals surface area contributed by atoms with E-state index in [0.29, 0.717) is 46.4 Å². The van der Waals surface area contributed by atoms with Gasteiger partial charge in [0, 0.05) is 13.5 Å². The number of methoxy groups -OCH3 is 5. The first kappa shape index (κ1) is 24.5. The molecule has 2 aromatic heterocycles. The highest BCUT2D eigenvalue weighted by molar-refractivity contribution is 5.97. The molecule has 0 spiro atoms. The lowest BCUT2D eigenvalue weighted by Gasteiger charge is -2.24.